The number of nitro groups is 1. The van der Waals surface area contributed by atoms with Gasteiger partial charge in [-0.25, -0.2) is 19.7 Å². The summed E-state index contributed by atoms with van der Waals surface area (Å²) >= 11 is 0. The molecule has 262 valence electrons. The Morgan fingerprint density at radius 3 is 2.17 bits per heavy atom. The van der Waals surface area contributed by atoms with Crippen molar-refractivity contribution in [2.75, 3.05) is 12.3 Å². The highest BCUT2D eigenvalue weighted by atomic mass is 28.5. The normalized spacial score (nSPS) is 25.4. The summed E-state index contributed by atoms with van der Waals surface area (Å²) in [5, 5.41) is 23.0. The number of fused-ring (bicyclic) bond motifs is 2. The van der Waals surface area contributed by atoms with E-state index in [0.717, 1.165) is 5.56 Å². The lowest BCUT2D eigenvalue weighted by Crippen LogP contribution is -2.68. The number of hydrogen-bond donors (Lipinski definition) is 2. The van der Waals surface area contributed by atoms with E-state index in [0.29, 0.717) is 17.6 Å². The Hall–Kier alpha value is -3.33. The molecule has 17 heteroatoms. The molecule has 2 saturated heterocycles. The van der Waals surface area contributed by atoms with Crippen LogP contribution in [0.4, 0.5) is 11.5 Å². The molecular formula is C31H46N6O9Si2. The minimum Gasteiger partial charge on any atom is -0.463 e. The van der Waals surface area contributed by atoms with Crippen LogP contribution in [0, 0.1) is 10.1 Å². The van der Waals surface area contributed by atoms with Crippen LogP contribution in [0.2, 0.25) is 22.2 Å². The number of nitrogens with two attached hydrogens (primary N) is 1. The summed E-state index contributed by atoms with van der Waals surface area (Å²) in [5.41, 5.74) is 7.23. The van der Waals surface area contributed by atoms with Crippen LogP contribution in [-0.2, 0) is 33.7 Å². The van der Waals surface area contributed by atoms with Crippen molar-refractivity contribution in [1.82, 2.24) is 19.5 Å². The largest absolute Gasteiger partial charge is 0.463 e. The molecule has 0 amide bonds. The van der Waals surface area contributed by atoms with Crippen LogP contribution in [0.1, 0.15) is 67.2 Å². The quantitative estimate of drug-likeness (QED) is 0.128. The second-order valence-corrected chi connectivity index (χ2v) is 22.5. The lowest BCUT2D eigenvalue weighted by Gasteiger charge is -2.52. The van der Waals surface area contributed by atoms with Crippen molar-refractivity contribution in [3.8, 4) is 0 Å². The molecule has 0 aliphatic carbocycles. The summed E-state index contributed by atoms with van der Waals surface area (Å²) in [4.78, 5) is 37.4. The van der Waals surface area contributed by atoms with E-state index in [9.17, 15) is 20.0 Å². The summed E-state index contributed by atoms with van der Waals surface area (Å²) in [7, 11) is -6.50. The number of imidazole rings is 1. The molecular weight excluding hydrogens is 657 g/mol. The molecule has 0 saturated carbocycles. The number of aliphatic hydroxyl groups excluding tert-OH is 1. The molecule has 2 aliphatic heterocycles. The molecule has 1 aromatic carbocycles. The van der Waals surface area contributed by atoms with Gasteiger partial charge in [0.1, 0.15) is 30.2 Å². The third kappa shape index (κ3) is 6.39. The molecule has 3 aromatic rings. The number of esters is 1. The number of non-ortho nitro benzene ring substituents is 1. The van der Waals surface area contributed by atoms with Gasteiger partial charge in [0.15, 0.2) is 23.8 Å². The molecule has 15 nitrogen and oxygen atoms in total. The summed E-state index contributed by atoms with van der Waals surface area (Å²) in [6.07, 6.45) is -2.65. The van der Waals surface area contributed by atoms with Crippen LogP contribution in [0.5, 0.6) is 0 Å². The Kier molecular flexibility index (Phi) is 10.4. The maximum atomic E-state index is 14.1. The summed E-state index contributed by atoms with van der Waals surface area (Å²) in [6, 6.07) is 6.07. The number of nitrogens with zero attached hydrogens (tertiary/aromatic N) is 5. The first-order valence-electron chi connectivity index (χ1n) is 16.3. The number of ether oxygens (including phenoxy) is 2. The first-order valence-corrected chi connectivity index (χ1v) is 20.3. The predicted octanol–water partition coefficient (Wildman–Crippen LogP) is 4.69. The first kappa shape index (κ1) is 36.0. The molecule has 2 fully saturated rings. The highest BCUT2D eigenvalue weighted by Gasteiger charge is 2.65. The van der Waals surface area contributed by atoms with E-state index in [-0.39, 0.29) is 40.3 Å². The fourth-order valence-electron chi connectivity index (χ4n) is 6.79. The van der Waals surface area contributed by atoms with Gasteiger partial charge < -0.3 is 33.3 Å². The number of aromatic nitrogens is 4. The first-order chi connectivity index (χ1) is 22.6. The number of nitro benzene ring substituents is 1. The van der Waals surface area contributed by atoms with Crippen molar-refractivity contribution in [2.45, 2.75) is 115 Å². The number of nitrogen functional groups attached to an aromatic ring is 1. The lowest BCUT2D eigenvalue weighted by atomic mass is 10.1. The number of carbonyl (C=O) groups is 1. The van der Waals surface area contributed by atoms with Gasteiger partial charge in [-0.1, -0.05) is 67.5 Å². The molecule has 3 N–H and O–H groups in total. The van der Waals surface area contributed by atoms with Crippen molar-refractivity contribution >= 4 is 45.8 Å². The Labute approximate surface area is 281 Å². The van der Waals surface area contributed by atoms with E-state index in [1.165, 1.54) is 24.8 Å². The van der Waals surface area contributed by atoms with Gasteiger partial charge in [-0.2, -0.15) is 0 Å². The van der Waals surface area contributed by atoms with Crippen LogP contribution in [-0.4, -0.2) is 83.7 Å². The summed E-state index contributed by atoms with van der Waals surface area (Å²) in [6.45, 7) is 16.4. The molecule has 0 spiro atoms. The SMILES string of the molecule is CC(C)[Si]1(C(C)C)OC(C(=O)OCCc2ccc([N+](=O)[O-])cc2)[C@H]2O[C@@H](n3cnc4c(N)ncnc43)[C@H](O)[C@@H]2O[Si](C(C)C)(C(C)C)O1. The Morgan fingerprint density at radius 2 is 1.58 bits per heavy atom. The zero-order chi connectivity index (χ0) is 35.1. The number of rotatable bonds is 10. The van der Waals surface area contributed by atoms with Crippen LogP contribution < -0.4 is 5.73 Å². The number of benzene rings is 1. The van der Waals surface area contributed by atoms with Crippen LogP contribution in [0.25, 0.3) is 11.2 Å². The zero-order valence-electron chi connectivity index (χ0n) is 28.6. The van der Waals surface area contributed by atoms with Crippen molar-refractivity contribution in [3.63, 3.8) is 0 Å². The molecule has 0 radical (unpaired) electrons. The zero-order valence-corrected chi connectivity index (χ0v) is 30.6. The Bertz CT molecular complexity index is 1600. The maximum absolute atomic E-state index is 14.1. The molecule has 4 heterocycles. The van der Waals surface area contributed by atoms with E-state index < -0.39 is 58.7 Å². The Balaban J connectivity index is 1.55. The third-order valence-corrected chi connectivity index (χ3v) is 19.6. The van der Waals surface area contributed by atoms with Gasteiger partial charge in [-0.15, -0.1) is 0 Å². The smallest absolute Gasteiger partial charge is 0.336 e. The van der Waals surface area contributed by atoms with Crippen LogP contribution >= 0.6 is 0 Å². The minimum atomic E-state index is -3.29. The maximum Gasteiger partial charge on any atom is 0.336 e. The number of anilines is 1. The molecule has 5 atom stereocenters. The van der Waals surface area contributed by atoms with Gasteiger partial charge in [-0.3, -0.25) is 14.7 Å². The van der Waals surface area contributed by atoms with Crippen molar-refractivity contribution < 1.29 is 37.3 Å². The third-order valence-electron chi connectivity index (χ3n) is 9.39. The Morgan fingerprint density at radius 1 is 0.979 bits per heavy atom. The predicted molar refractivity (Wildman–Crippen MR) is 180 cm³/mol. The van der Waals surface area contributed by atoms with E-state index >= 15 is 0 Å². The fraction of sp³-hybridized carbons (Fsp3) is 0.613. The topological polar surface area (TPSA) is 196 Å². The van der Waals surface area contributed by atoms with Crippen LogP contribution in [0.15, 0.2) is 36.9 Å². The van der Waals surface area contributed by atoms with Crippen LogP contribution in [0.3, 0.4) is 0 Å². The van der Waals surface area contributed by atoms with E-state index in [1.807, 2.05) is 27.7 Å². The van der Waals surface area contributed by atoms with E-state index in [2.05, 4.69) is 42.6 Å². The second kappa shape index (κ2) is 13.9. The van der Waals surface area contributed by atoms with Gasteiger partial charge in [0, 0.05) is 18.6 Å². The fourth-order valence-corrected chi connectivity index (χ4v) is 18.0. The molecule has 5 rings (SSSR count). The second-order valence-electron chi connectivity index (χ2n) is 13.7. The molecule has 0 bridgehead atoms. The lowest BCUT2D eigenvalue weighted by molar-refractivity contribution is -0.384. The summed E-state index contributed by atoms with van der Waals surface area (Å²) < 4.78 is 35.4. The monoisotopic (exact) mass is 702 g/mol. The molecule has 2 aliphatic rings. The highest BCUT2D eigenvalue weighted by molar-refractivity contribution is 6.84. The van der Waals surface area contributed by atoms with Crippen molar-refractivity contribution in [3.05, 3.63) is 52.6 Å². The minimum absolute atomic E-state index is 0.0153. The summed E-state index contributed by atoms with van der Waals surface area (Å²) in [5.74, 6) is -0.508. The number of carbonyl (C=O) groups excluding carboxylic acids is 1. The van der Waals surface area contributed by atoms with Crippen molar-refractivity contribution in [2.24, 2.45) is 0 Å². The van der Waals surface area contributed by atoms with E-state index in [1.54, 1.807) is 16.7 Å². The highest BCUT2D eigenvalue weighted by Crippen LogP contribution is 2.50. The van der Waals surface area contributed by atoms with E-state index in [4.69, 9.17) is 28.2 Å². The average Bonchev–Trinajstić information content (AvgIpc) is 3.58. The molecule has 1 unspecified atom stereocenters. The van der Waals surface area contributed by atoms with Gasteiger partial charge in [0.05, 0.1) is 17.9 Å². The number of hydrogen-bond acceptors (Lipinski definition) is 13. The van der Waals surface area contributed by atoms with Gasteiger partial charge in [-0.05, 0) is 27.7 Å². The van der Waals surface area contributed by atoms with Gasteiger partial charge >= 0.3 is 23.1 Å². The standard InChI is InChI=1S/C31H46N6O9Si2/c1-17(2)47(18(3)4)44-25-24(38)30(36-16-35-23-28(32)33-15-34-29(23)36)43-26(25)27(45-48(46-47,19(5)6)20(7)8)31(39)42-14-13-21-9-11-22(12-10-21)37(40)41/h9-12,15-20,24-27,30,38H,13-14H2,1-8H3,(H2,32,33,34)/t24-,25+,26+,27?,30-/m1/s1. The number of aliphatic hydroxyl groups is 1. The average molecular weight is 703 g/mol. The molecule has 48 heavy (non-hydrogen) atoms. The van der Waals surface area contributed by atoms with Gasteiger partial charge in [0.25, 0.3) is 5.69 Å². The van der Waals surface area contributed by atoms with Crippen molar-refractivity contribution in [1.29, 1.82) is 0 Å². The van der Waals surface area contributed by atoms with Gasteiger partial charge in [0.2, 0.25) is 0 Å². The molecule has 2 aromatic heterocycles.